The van der Waals surface area contributed by atoms with Crippen molar-refractivity contribution >= 4 is 0 Å². The molecule has 0 aliphatic carbocycles. The molecule has 15 heavy (non-hydrogen) atoms. The van der Waals surface area contributed by atoms with Crippen LogP contribution in [0.4, 0.5) is 0 Å². The van der Waals surface area contributed by atoms with Crippen molar-refractivity contribution in [2.45, 2.75) is 46.0 Å². The molecule has 4 heteroatoms. The zero-order valence-corrected chi connectivity index (χ0v) is 10.5. The van der Waals surface area contributed by atoms with E-state index in [2.05, 4.69) is 0 Å². The van der Waals surface area contributed by atoms with Gasteiger partial charge in [-0.3, -0.25) is 0 Å². The largest absolute Gasteiger partial charge is 0.379 e. The summed E-state index contributed by atoms with van der Waals surface area (Å²) < 4.78 is 15.8. The van der Waals surface area contributed by atoms with E-state index in [0.29, 0.717) is 19.8 Å². The standard InChI is InChI=1S/C11H24O4/c1-6-13-7-8-14-11(5,12)9-15-10(2,3)4/h12H,6-9H2,1-5H3. The first-order valence-corrected chi connectivity index (χ1v) is 5.35. The molecule has 1 unspecified atom stereocenters. The lowest BCUT2D eigenvalue weighted by Gasteiger charge is -2.28. The molecule has 0 aromatic heterocycles. The Balaban J connectivity index is 3.67. The maximum Gasteiger partial charge on any atom is 0.186 e. The predicted molar refractivity (Wildman–Crippen MR) is 58.8 cm³/mol. The second-order valence-corrected chi connectivity index (χ2v) is 4.62. The average molecular weight is 220 g/mol. The summed E-state index contributed by atoms with van der Waals surface area (Å²) in [5.74, 6) is -1.25. The average Bonchev–Trinajstić information content (AvgIpc) is 2.09. The molecular weight excluding hydrogens is 196 g/mol. The Morgan fingerprint density at radius 3 is 2.07 bits per heavy atom. The second-order valence-electron chi connectivity index (χ2n) is 4.62. The number of aliphatic hydroxyl groups is 1. The zero-order valence-electron chi connectivity index (χ0n) is 10.5. The third-order valence-electron chi connectivity index (χ3n) is 1.62. The van der Waals surface area contributed by atoms with Crippen LogP contribution >= 0.6 is 0 Å². The highest BCUT2D eigenvalue weighted by Crippen LogP contribution is 2.13. The Labute approximate surface area is 92.5 Å². The van der Waals surface area contributed by atoms with Crippen molar-refractivity contribution in [1.82, 2.24) is 0 Å². The van der Waals surface area contributed by atoms with Crippen LogP contribution in [0.1, 0.15) is 34.6 Å². The Hall–Kier alpha value is -0.160. The highest BCUT2D eigenvalue weighted by atomic mass is 16.7. The van der Waals surface area contributed by atoms with Crippen molar-refractivity contribution < 1.29 is 19.3 Å². The Morgan fingerprint density at radius 1 is 1.00 bits per heavy atom. The summed E-state index contributed by atoms with van der Waals surface area (Å²) in [4.78, 5) is 0. The van der Waals surface area contributed by atoms with Crippen molar-refractivity contribution in [3.8, 4) is 0 Å². The van der Waals surface area contributed by atoms with Gasteiger partial charge in [0.1, 0.15) is 6.61 Å². The molecule has 0 bridgehead atoms. The van der Waals surface area contributed by atoms with Crippen LogP contribution in [0.2, 0.25) is 0 Å². The third-order valence-corrected chi connectivity index (χ3v) is 1.62. The molecule has 4 nitrogen and oxygen atoms in total. The number of rotatable bonds is 7. The van der Waals surface area contributed by atoms with Crippen LogP contribution in [-0.2, 0) is 14.2 Å². The molecule has 0 aromatic carbocycles. The first-order chi connectivity index (χ1) is 6.77. The van der Waals surface area contributed by atoms with Gasteiger partial charge in [0.15, 0.2) is 5.79 Å². The van der Waals surface area contributed by atoms with Gasteiger partial charge in [-0.1, -0.05) is 0 Å². The predicted octanol–water partition coefficient (Wildman–Crippen LogP) is 1.56. The van der Waals surface area contributed by atoms with Gasteiger partial charge in [-0.2, -0.15) is 0 Å². The molecule has 0 aliphatic rings. The monoisotopic (exact) mass is 220 g/mol. The molecule has 1 atom stereocenters. The van der Waals surface area contributed by atoms with Crippen molar-refractivity contribution in [2.75, 3.05) is 26.4 Å². The summed E-state index contributed by atoms with van der Waals surface area (Å²) >= 11 is 0. The summed E-state index contributed by atoms with van der Waals surface area (Å²) in [5.41, 5.74) is -0.271. The van der Waals surface area contributed by atoms with Crippen molar-refractivity contribution in [1.29, 1.82) is 0 Å². The Morgan fingerprint density at radius 2 is 1.60 bits per heavy atom. The third kappa shape index (κ3) is 10.1. The Kier molecular flexibility index (Phi) is 6.36. The molecule has 0 fully saturated rings. The summed E-state index contributed by atoms with van der Waals surface area (Å²) in [6.45, 7) is 11.0. The van der Waals surface area contributed by atoms with Gasteiger partial charge in [-0.15, -0.1) is 0 Å². The maximum absolute atomic E-state index is 9.77. The van der Waals surface area contributed by atoms with Gasteiger partial charge < -0.3 is 19.3 Å². The topological polar surface area (TPSA) is 47.9 Å². The van der Waals surface area contributed by atoms with Crippen molar-refractivity contribution in [3.05, 3.63) is 0 Å². The molecule has 0 aromatic rings. The second kappa shape index (κ2) is 6.43. The van der Waals surface area contributed by atoms with Crippen molar-refractivity contribution in [2.24, 2.45) is 0 Å². The van der Waals surface area contributed by atoms with E-state index in [1.54, 1.807) is 6.92 Å². The highest BCUT2D eigenvalue weighted by Gasteiger charge is 2.24. The van der Waals surface area contributed by atoms with E-state index in [-0.39, 0.29) is 12.2 Å². The van der Waals surface area contributed by atoms with Crippen LogP contribution in [0, 0.1) is 0 Å². The molecule has 0 saturated heterocycles. The van der Waals surface area contributed by atoms with Gasteiger partial charge >= 0.3 is 0 Å². The minimum atomic E-state index is -1.25. The first kappa shape index (κ1) is 14.8. The SMILES string of the molecule is CCOCCOC(C)(O)COC(C)(C)C. The fraction of sp³-hybridized carbons (Fsp3) is 1.00. The lowest BCUT2D eigenvalue weighted by Crippen LogP contribution is -2.38. The minimum absolute atomic E-state index is 0.155. The molecular formula is C11H24O4. The van der Waals surface area contributed by atoms with E-state index in [4.69, 9.17) is 14.2 Å². The van der Waals surface area contributed by atoms with Crippen LogP contribution in [0.15, 0.2) is 0 Å². The van der Waals surface area contributed by atoms with Crippen LogP contribution < -0.4 is 0 Å². The zero-order chi connectivity index (χ0) is 11.9. The van der Waals surface area contributed by atoms with Crippen LogP contribution in [0.5, 0.6) is 0 Å². The number of hydrogen-bond acceptors (Lipinski definition) is 4. The maximum atomic E-state index is 9.77. The fourth-order valence-electron chi connectivity index (χ4n) is 0.857. The van der Waals surface area contributed by atoms with Gasteiger partial charge in [-0.25, -0.2) is 0 Å². The lowest BCUT2D eigenvalue weighted by atomic mass is 10.2. The van der Waals surface area contributed by atoms with Gasteiger partial charge in [-0.05, 0) is 34.6 Å². The van der Waals surface area contributed by atoms with Crippen LogP contribution in [0.25, 0.3) is 0 Å². The molecule has 0 saturated carbocycles. The molecule has 92 valence electrons. The van der Waals surface area contributed by atoms with Crippen LogP contribution in [0.3, 0.4) is 0 Å². The van der Waals surface area contributed by atoms with Crippen molar-refractivity contribution in [3.63, 3.8) is 0 Å². The van der Waals surface area contributed by atoms with E-state index < -0.39 is 5.79 Å². The van der Waals surface area contributed by atoms with Crippen LogP contribution in [-0.4, -0.2) is 42.9 Å². The minimum Gasteiger partial charge on any atom is -0.379 e. The lowest BCUT2D eigenvalue weighted by molar-refractivity contribution is -0.238. The summed E-state index contributed by atoms with van der Waals surface area (Å²) in [7, 11) is 0. The number of hydrogen-bond donors (Lipinski definition) is 1. The molecule has 1 N–H and O–H groups in total. The van der Waals surface area contributed by atoms with E-state index in [1.807, 2.05) is 27.7 Å². The molecule has 0 radical (unpaired) electrons. The highest BCUT2D eigenvalue weighted by molar-refractivity contribution is 4.64. The van der Waals surface area contributed by atoms with Gasteiger partial charge in [0, 0.05) is 6.61 Å². The summed E-state index contributed by atoms with van der Waals surface area (Å²) in [6.07, 6.45) is 0. The Bertz CT molecular complexity index is 160. The molecule has 0 rings (SSSR count). The molecule has 0 aliphatic heterocycles. The quantitative estimate of drug-likeness (QED) is 0.522. The molecule has 0 amide bonds. The molecule has 0 heterocycles. The summed E-state index contributed by atoms with van der Waals surface area (Å²) in [6, 6.07) is 0. The normalized spacial score (nSPS) is 16.4. The molecule has 0 spiro atoms. The van der Waals surface area contributed by atoms with Gasteiger partial charge in [0.25, 0.3) is 0 Å². The summed E-state index contributed by atoms with van der Waals surface area (Å²) in [5, 5.41) is 9.77. The van der Waals surface area contributed by atoms with E-state index in [1.165, 1.54) is 0 Å². The smallest absolute Gasteiger partial charge is 0.186 e. The number of ether oxygens (including phenoxy) is 3. The fourth-order valence-corrected chi connectivity index (χ4v) is 0.857. The van der Waals surface area contributed by atoms with E-state index >= 15 is 0 Å². The van der Waals surface area contributed by atoms with Gasteiger partial charge in [0.2, 0.25) is 0 Å². The van der Waals surface area contributed by atoms with E-state index in [0.717, 1.165) is 0 Å². The van der Waals surface area contributed by atoms with E-state index in [9.17, 15) is 5.11 Å². The van der Waals surface area contributed by atoms with Gasteiger partial charge in [0.05, 0.1) is 18.8 Å². The first-order valence-electron chi connectivity index (χ1n) is 5.35.